The molecule has 2 N–H and O–H groups in total. The van der Waals surface area contributed by atoms with Gasteiger partial charge in [-0.05, 0) is 37.2 Å². The average Bonchev–Trinajstić information content (AvgIpc) is 3.50. The van der Waals surface area contributed by atoms with Crippen LogP contribution in [0.3, 0.4) is 0 Å². The Labute approximate surface area is 177 Å². The highest BCUT2D eigenvalue weighted by atomic mass is 32.1. The Morgan fingerprint density at radius 1 is 1.37 bits per heavy atom. The van der Waals surface area contributed by atoms with E-state index >= 15 is 0 Å². The number of carbonyl (C=O) groups excluding carboxylic acids is 1. The molecule has 0 radical (unpaired) electrons. The second-order valence-corrected chi connectivity index (χ2v) is 8.70. The molecule has 3 aromatic rings. The number of amides is 2. The van der Waals surface area contributed by atoms with Crippen LogP contribution in [-0.2, 0) is 0 Å². The van der Waals surface area contributed by atoms with Crippen molar-refractivity contribution in [3.8, 4) is 6.01 Å². The molecule has 1 unspecified atom stereocenters. The molecule has 3 atom stereocenters. The van der Waals surface area contributed by atoms with Crippen LogP contribution in [0.2, 0.25) is 0 Å². The predicted octanol–water partition coefficient (Wildman–Crippen LogP) is 2.59. The van der Waals surface area contributed by atoms with Gasteiger partial charge in [-0.25, -0.2) is 14.8 Å². The van der Waals surface area contributed by atoms with Gasteiger partial charge in [0.1, 0.15) is 17.8 Å². The largest absolute Gasteiger partial charge is 0.466 e. The maximum Gasteiger partial charge on any atom is 0.329 e. The minimum atomic E-state index is -0.117. The van der Waals surface area contributed by atoms with E-state index in [9.17, 15) is 4.79 Å². The maximum absolute atomic E-state index is 12.7. The van der Waals surface area contributed by atoms with Gasteiger partial charge < -0.3 is 19.5 Å². The molecule has 0 spiro atoms. The van der Waals surface area contributed by atoms with Gasteiger partial charge in [0.2, 0.25) is 5.13 Å². The van der Waals surface area contributed by atoms with Gasteiger partial charge >= 0.3 is 12.0 Å². The lowest BCUT2D eigenvalue weighted by atomic mass is 9.89. The second kappa shape index (κ2) is 7.71. The molecule has 2 amide bonds. The Hall–Kier alpha value is -2.95. The summed E-state index contributed by atoms with van der Waals surface area (Å²) >= 11 is 1.12. The van der Waals surface area contributed by atoms with Crippen LogP contribution in [0, 0.1) is 11.8 Å². The first-order valence-electron chi connectivity index (χ1n) is 10.1. The van der Waals surface area contributed by atoms with E-state index in [1.54, 1.807) is 6.33 Å². The Balaban J connectivity index is 1.24. The number of hydrogen-bond acceptors (Lipinski definition) is 8. The van der Waals surface area contributed by atoms with E-state index in [-0.39, 0.29) is 12.0 Å². The summed E-state index contributed by atoms with van der Waals surface area (Å²) in [5.41, 5.74) is 0.860. The second-order valence-electron chi connectivity index (χ2n) is 7.94. The van der Waals surface area contributed by atoms with Gasteiger partial charge in [0.25, 0.3) is 0 Å². The molecule has 0 bridgehead atoms. The van der Waals surface area contributed by atoms with Crippen LogP contribution in [0.1, 0.15) is 19.3 Å². The molecule has 4 heterocycles. The standard InChI is InChI=1S/C19H24N8O2S/c1-26(16-14-3-5-20-15(14)21-10-22-16)13-7-11-4-6-27(9-12(11)8-13)19(28)24-18-23-17(29-2)25-30-18/h3,5,10-13H,4,6-9H2,1-2H3,(H,20,21,22)(H,23,24,25,28)/t11-,12-,13?/m0/s1. The summed E-state index contributed by atoms with van der Waals surface area (Å²) < 4.78 is 9.00. The van der Waals surface area contributed by atoms with Crippen LogP contribution in [-0.4, -0.2) is 68.5 Å². The van der Waals surface area contributed by atoms with Gasteiger partial charge in [-0.3, -0.25) is 5.32 Å². The van der Waals surface area contributed by atoms with E-state index in [2.05, 4.69) is 41.6 Å². The zero-order valence-electron chi connectivity index (χ0n) is 16.9. The van der Waals surface area contributed by atoms with E-state index in [0.717, 1.165) is 60.7 Å². The normalized spacial score (nSPS) is 23.4. The number of ether oxygens (including phenoxy) is 1. The van der Waals surface area contributed by atoms with Gasteiger partial charge in [0, 0.05) is 43.9 Å². The maximum atomic E-state index is 12.7. The lowest BCUT2D eigenvalue weighted by Crippen LogP contribution is -2.44. The van der Waals surface area contributed by atoms with Gasteiger partial charge in [-0.15, -0.1) is 4.37 Å². The van der Waals surface area contributed by atoms with Crippen molar-refractivity contribution in [2.75, 3.05) is 37.5 Å². The van der Waals surface area contributed by atoms with Crippen molar-refractivity contribution in [1.82, 2.24) is 29.2 Å². The van der Waals surface area contributed by atoms with Crippen LogP contribution >= 0.6 is 11.5 Å². The van der Waals surface area contributed by atoms with Crippen molar-refractivity contribution in [3.05, 3.63) is 18.6 Å². The molecule has 2 fully saturated rings. The Morgan fingerprint density at radius 2 is 2.23 bits per heavy atom. The minimum absolute atomic E-state index is 0.117. The molecule has 11 heteroatoms. The molecule has 1 aliphatic heterocycles. The number of methoxy groups -OCH3 is 1. The van der Waals surface area contributed by atoms with Crippen molar-refractivity contribution in [2.45, 2.75) is 25.3 Å². The van der Waals surface area contributed by atoms with Crippen LogP contribution in [0.4, 0.5) is 15.7 Å². The predicted molar refractivity (Wildman–Crippen MR) is 114 cm³/mol. The van der Waals surface area contributed by atoms with Crippen LogP contribution < -0.4 is 15.0 Å². The molecule has 5 rings (SSSR count). The molecule has 158 valence electrons. The Bertz CT molecular complexity index is 1050. The molecule has 1 aliphatic carbocycles. The van der Waals surface area contributed by atoms with Gasteiger partial charge in [-0.2, -0.15) is 4.98 Å². The topological polar surface area (TPSA) is 112 Å². The minimum Gasteiger partial charge on any atom is -0.466 e. The number of urea groups is 1. The van der Waals surface area contributed by atoms with Gasteiger partial charge in [0.15, 0.2) is 0 Å². The molecule has 30 heavy (non-hydrogen) atoms. The van der Waals surface area contributed by atoms with Crippen molar-refractivity contribution in [3.63, 3.8) is 0 Å². The number of rotatable bonds is 4. The average molecular weight is 429 g/mol. The van der Waals surface area contributed by atoms with E-state index in [1.807, 2.05) is 17.2 Å². The fourth-order valence-electron chi connectivity index (χ4n) is 4.78. The fraction of sp³-hybridized carbons (Fsp3) is 0.526. The number of piperidine rings is 1. The zero-order valence-corrected chi connectivity index (χ0v) is 17.7. The lowest BCUT2D eigenvalue weighted by Gasteiger charge is -2.34. The summed E-state index contributed by atoms with van der Waals surface area (Å²) in [5.74, 6) is 2.08. The van der Waals surface area contributed by atoms with Crippen LogP contribution in [0.15, 0.2) is 18.6 Å². The summed E-state index contributed by atoms with van der Waals surface area (Å²) in [6.45, 7) is 1.52. The molecule has 0 aromatic carbocycles. The molecule has 1 saturated carbocycles. The third-order valence-corrected chi connectivity index (χ3v) is 6.96. The summed E-state index contributed by atoms with van der Waals surface area (Å²) in [6.07, 6.45) is 6.70. The molecule has 1 saturated heterocycles. The number of anilines is 2. The van der Waals surface area contributed by atoms with E-state index in [1.165, 1.54) is 7.11 Å². The van der Waals surface area contributed by atoms with Gasteiger partial charge in [0.05, 0.1) is 12.5 Å². The number of nitrogens with one attached hydrogen (secondary N) is 2. The smallest absolute Gasteiger partial charge is 0.329 e. The number of H-pyrrole nitrogens is 1. The molecule has 3 aromatic heterocycles. The van der Waals surface area contributed by atoms with Crippen molar-refractivity contribution in [2.24, 2.45) is 11.8 Å². The van der Waals surface area contributed by atoms with Crippen LogP contribution in [0.5, 0.6) is 6.01 Å². The summed E-state index contributed by atoms with van der Waals surface area (Å²) in [7, 11) is 3.62. The van der Waals surface area contributed by atoms with E-state index < -0.39 is 0 Å². The third kappa shape index (κ3) is 3.42. The third-order valence-electron chi connectivity index (χ3n) is 6.35. The highest BCUT2D eigenvalue weighted by Gasteiger charge is 2.41. The fourth-order valence-corrected chi connectivity index (χ4v) is 5.31. The number of fused-ring (bicyclic) bond motifs is 2. The first-order valence-corrected chi connectivity index (χ1v) is 10.8. The van der Waals surface area contributed by atoms with E-state index in [4.69, 9.17) is 4.74 Å². The Kier molecular flexibility index (Phi) is 4.89. The van der Waals surface area contributed by atoms with Crippen LogP contribution in [0.25, 0.3) is 11.0 Å². The molecular formula is C19H24N8O2S. The summed E-state index contributed by atoms with van der Waals surface area (Å²) in [4.78, 5) is 33.0. The van der Waals surface area contributed by atoms with Gasteiger partial charge in [-0.1, -0.05) is 0 Å². The highest BCUT2D eigenvalue weighted by Crippen LogP contribution is 2.41. The number of aromatic nitrogens is 5. The number of likely N-dealkylation sites (tertiary alicyclic amines) is 1. The monoisotopic (exact) mass is 428 g/mol. The molecular weight excluding hydrogens is 404 g/mol. The zero-order chi connectivity index (χ0) is 20.7. The quantitative estimate of drug-likeness (QED) is 0.657. The number of hydrogen-bond donors (Lipinski definition) is 2. The number of aromatic amines is 1. The van der Waals surface area contributed by atoms with E-state index in [0.29, 0.717) is 23.0 Å². The van der Waals surface area contributed by atoms with Crippen molar-refractivity contribution < 1.29 is 9.53 Å². The summed E-state index contributed by atoms with van der Waals surface area (Å²) in [5, 5.41) is 4.35. The number of carbonyl (C=O) groups is 1. The highest BCUT2D eigenvalue weighted by molar-refractivity contribution is 7.10. The molecule has 10 nitrogen and oxygen atoms in total. The lowest BCUT2D eigenvalue weighted by molar-refractivity contribution is 0.154. The number of nitrogens with zero attached hydrogens (tertiary/aromatic N) is 6. The molecule has 2 aliphatic rings. The summed E-state index contributed by atoms with van der Waals surface area (Å²) in [6, 6.07) is 2.59. The van der Waals surface area contributed by atoms with Crippen molar-refractivity contribution >= 4 is 39.5 Å². The Morgan fingerprint density at radius 3 is 3.07 bits per heavy atom. The first-order chi connectivity index (χ1) is 14.6. The first kappa shape index (κ1) is 19.0. The van der Waals surface area contributed by atoms with Crippen molar-refractivity contribution in [1.29, 1.82) is 0 Å². The SMILES string of the molecule is COc1nsc(NC(=O)N2CC[C@H]3CC(N(C)c4ncnc5[nH]ccc45)C[C@H]3C2)n1.